The Morgan fingerprint density at radius 2 is 2.46 bits per heavy atom. The van der Waals surface area contributed by atoms with Crippen molar-refractivity contribution in [1.82, 2.24) is 9.97 Å². The summed E-state index contributed by atoms with van der Waals surface area (Å²) >= 11 is 1.48. The highest BCUT2D eigenvalue weighted by atomic mass is 32.1. The third kappa shape index (κ3) is 1.65. The molecule has 2 rings (SSSR count). The minimum Gasteiger partial charge on any atom is -0.481 e. The molecule has 5 heteroatoms. The zero-order valence-electron chi connectivity index (χ0n) is 6.60. The Hall–Kier alpha value is -1.49. The van der Waals surface area contributed by atoms with Crippen LogP contribution in [-0.4, -0.2) is 21.0 Å². The number of hydrogen-bond donors (Lipinski definition) is 1. The Morgan fingerprint density at radius 3 is 3.23 bits per heavy atom. The molecule has 4 nitrogen and oxygen atoms in total. The lowest BCUT2D eigenvalue weighted by molar-refractivity contribution is -0.136. The lowest BCUT2D eigenvalue weighted by atomic mass is 10.4. The molecule has 0 unspecified atom stereocenters. The first-order valence-electron chi connectivity index (χ1n) is 3.66. The second-order valence-electron chi connectivity index (χ2n) is 2.54. The Kier molecular flexibility index (Phi) is 1.94. The number of aliphatic carboxylic acids is 1. The lowest BCUT2D eigenvalue weighted by Crippen LogP contribution is -2.03. The van der Waals surface area contributed by atoms with Crippen molar-refractivity contribution in [2.75, 3.05) is 0 Å². The molecular weight excluding hydrogens is 188 g/mol. The molecule has 0 aliphatic carbocycles. The van der Waals surface area contributed by atoms with E-state index in [4.69, 9.17) is 5.11 Å². The largest absolute Gasteiger partial charge is 0.481 e. The number of carboxylic acid groups (broad SMARTS) is 1. The fraction of sp³-hybridized carbons (Fsp3) is 0.125. The van der Waals surface area contributed by atoms with Gasteiger partial charge in [0.25, 0.3) is 0 Å². The molecular formula is C8H6N2O2S. The van der Waals surface area contributed by atoms with Crippen LogP contribution < -0.4 is 0 Å². The van der Waals surface area contributed by atoms with Gasteiger partial charge in [-0.05, 0) is 11.4 Å². The first-order chi connectivity index (χ1) is 6.25. The molecule has 0 saturated heterocycles. The molecule has 2 aromatic rings. The van der Waals surface area contributed by atoms with E-state index >= 15 is 0 Å². The van der Waals surface area contributed by atoms with Crippen LogP contribution in [0.2, 0.25) is 0 Å². The molecule has 2 aromatic heterocycles. The highest BCUT2D eigenvalue weighted by molar-refractivity contribution is 7.16. The molecule has 0 spiro atoms. The normalized spacial score (nSPS) is 10.5. The van der Waals surface area contributed by atoms with E-state index in [1.54, 1.807) is 6.20 Å². The Morgan fingerprint density at radius 1 is 1.62 bits per heavy atom. The van der Waals surface area contributed by atoms with Gasteiger partial charge in [0.2, 0.25) is 0 Å². The van der Waals surface area contributed by atoms with Crippen molar-refractivity contribution in [3.63, 3.8) is 0 Å². The van der Waals surface area contributed by atoms with Crippen molar-refractivity contribution in [3.05, 3.63) is 23.5 Å². The van der Waals surface area contributed by atoms with Crippen molar-refractivity contribution in [2.24, 2.45) is 0 Å². The average molecular weight is 194 g/mol. The maximum atomic E-state index is 10.4. The van der Waals surface area contributed by atoms with Gasteiger partial charge in [0.05, 0.1) is 0 Å². The zero-order valence-corrected chi connectivity index (χ0v) is 7.41. The number of carbonyl (C=O) groups is 1. The molecule has 66 valence electrons. The minimum atomic E-state index is -0.907. The predicted molar refractivity (Wildman–Crippen MR) is 48.8 cm³/mol. The van der Waals surface area contributed by atoms with Crippen LogP contribution in [0.25, 0.3) is 10.2 Å². The molecule has 0 atom stereocenters. The van der Waals surface area contributed by atoms with Crippen LogP contribution in [0.5, 0.6) is 0 Å². The van der Waals surface area contributed by atoms with Gasteiger partial charge in [-0.2, -0.15) is 0 Å². The number of thiophene rings is 1. The van der Waals surface area contributed by atoms with Gasteiger partial charge in [-0.3, -0.25) is 4.79 Å². The summed E-state index contributed by atoms with van der Waals surface area (Å²) in [7, 11) is 0. The van der Waals surface area contributed by atoms with E-state index in [9.17, 15) is 4.79 Å². The SMILES string of the molecule is O=C(O)Cc1ncc2ccsc2n1. The molecule has 0 aliphatic rings. The molecule has 2 heterocycles. The summed E-state index contributed by atoms with van der Waals surface area (Å²) in [6.07, 6.45) is 1.53. The van der Waals surface area contributed by atoms with Crippen molar-refractivity contribution < 1.29 is 9.90 Å². The maximum Gasteiger partial charge on any atom is 0.311 e. The third-order valence-electron chi connectivity index (χ3n) is 1.57. The second kappa shape index (κ2) is 3.10. The summed E-state index contributed by atoms with van der Waals surface area (Å²) in [5, 5.41) is 11.4. The van der Waals surface area contributed by atoms with Gasteiger partial charge in [0.15, 0.2) is 0 Å². The fourth-order valence-corrected chi connectivity index (χ4v) is 1.77. The summed E-state index contributed by atoms with van der Waals surface area (Å²) in [5.41, 5.74) is 0. The van der Waals surface area contributed by atoms with Crippen LogP contribution in [0, 0.1) is 0 Å². The van der Waals surface area contributed by atoms with E-state index in [0.717, 1.165) is 10.2 Å². The molecule has 1 N–H and O–H groups in total. The molecule has 0 bridgehead atoms. The highest BCUT2D eigenvalue weighted by Gasteiger charge is 2.04. The Labute approximate surface area is 77.9 Å². The smallest absolute Gasteiger partial charge is 0.311 e. The van der Waals surface area contributed by atoms with E-state index in [-0.39, 0.29) is 6.42 Å². The minimum absolute atomic E-state index is 0.117. The molecule has 0 fully saturated rings. The molecule has 0 amide bonds. The number of carboxylic acids is 1. The molecule has 13 heavy (non-hydrogen) atoms. The highest BCUT2D eigenvalue weighted by Crippen LogP contribution is 2.16. The topological polar surface area (TPSA) is 63.1 Å². The number of aromatic nitrogens is 2. The average Bonchev–Trinajstić information content (AvgIpc) is 2.49. The van der Waals surface area contributed by atoms with Gasteiger partial charge < -0.3 is 5.11 Å². The van der Waals surface area contributed by atoms with Crippen LogP contribution in [0.4, 0.5) is 0 Å². The van der Waals surface area contributed by atoms with Crippen molar-refractivity contribution in [2.45, 2.75) is 6.42 Å². The van der Waals surface area contributed by atoms with E-state index in [1.165, 1.54) is 11.3 Å². The van der Waals surface area contributed by atoms with Gasteiger partial charge >= 0.3 is 5.97 Å². The van der Waals surface area contributed by atoms with Crippen molar-refractivity contribution in [3.8, 4) is 0 Å². The number of nitrogens with zero attached hydrogens (tertiary/aromatic N) is 2. The lowest BCUT2D eigenvalue weighted by Gasteiger charge is -1.94. The van der Waals surface area contributed by atoms with Crippen LogP contribution in [-0.2, 0) is 11.2 Å². The van der Waals surface area contributed by atoms with Crippen molar-refractivity contribution in [1.29, 1.82) is 0 Å². The van der Waals surface area contributed by atoms with E-state index in [2.05, 4.69) is 9.97 Å². The maximum absolute atomic E-state index is 10.4. The number of fused-ring (bicyclic) bond motifs is 1. The third-order valence-corrected chi connectivity index (χ3v) is 2.39. The molecule has 0 aliphatic heterocycles. The molecule has 0 aromatic carbocycles. The first kappa shape index (κ1) is 8.12. The molecule has 0 radical (unpaired) electrons. The van der Waals surface area contributed by atoms with Crippen LogP contribution in [0.3, 0.4) is 0 Å². The van der Waals surface area contributed by atoms with Gasteiger partial charge in [-0.1, -0.05) is 0 Å². The summed E-state index contributed by atoms with van der Waals surface area (Å²) in [6, 6.07) is 1.91. The van der Waals surface area contributed by atoms with Crippen LogP contribution in [0.15, 0.2) is 17.6 Å². The number of rotatable bonds is 2. The van der Waals surface area contributed by atoms with E-state index < -0.39 is 5.97 Å². The fourth-order valence-electron chi connectivity index (χ4n) is 1.01. The van der Waals surface area contributed by atoms with Gasteiger partial charge in [-0.25, -0.2) is 9.97 Å². The first-order valence-corrected chi connectivity index (χ1v) is 4.54. The zero-order chi connectivity index (χ0) is 9.26. The van der Waals surface area contributed by atoms with Crippen molar-refractivity contribution >= 4 is 27.5 Å². The summed E-state index contributed by atoms with van der Waals surface area (Å²) in [6.45, 7) is 0. The summed E-state index contributed by atoms with van der Waals surface area (Å²) in [5.74, 6) is -0.543. The number of hydrogen-bond acceptors (Lipinski definition) is 4. The van der Waals surface area contributed by atoms with Gasteiger partial charge in [0.1, 0.15) is 17.1 Å². The second-order valence-corrected chi connectivity index (χ2v) is 3.43. The quantitative estimate of drug-likeness (QED) is 0.783. The van der Waals surface area contributed by atoms with E-state index in [1.807, 2.05) is 11.4 Å². The van der Waals surface area contributed by atoms with Gasteiger partial charge in [-0.15, -0.1) is 11.3 Å². The predicted octanol–water partition coefficient (Wildman–Crippen LogP) is 1.32. The summed E-state index contributed by atoms with van der Waals surface area (Å²) < 4.78 is 0. The Balaban J connectivity index is 2.42. The van der Waals surface area contributed by atoms with Gasteiger partial charge in [0, 0.05) is 11.6 Å². The molecule has 0 saturated carbocycles. The van der Waals surface area contributed by atoms with Crippen LogP contribution in [0.1, 0.15) is 5.82 Å². The Bertz CT molecular complexity index is 452. The van der Waals surface area contributed by atoms with E-state index in [0.29, 0.717) is 5.82 Å². The standard InChI is InChI=1S/C8H6N2O2S/c11-7(12)3-6-9-4-5-1-2-13-8(5)10-6/h1-2,4H,3H2,(H,11,12). The monoisotopic (exact) mass is 194 g/mol. The van der Waals surface area contributed by atoms with Crippen LogP contribution >= 0.6 is 11.3 Å². The summed E-state index contributed by atoms with van der Waals surface area (Å²) in [4.78, 5) is 19.2.